The number of amides is 2. The highest BCUT2D eigenvalue weighted by Crippen LogP contribution is 2.22. The standard InChI is InChI=1S/C24H30N2O3/c1-3-29-22-7-5-4-6-21(22)23(27)25-15-12-19-13-16-26(17-14-19)24(28)20-10-8-18(2)9-11-20/h4-11,19H,3,12-17H2,1-2H3,(H,25,27). The Morgan fingerprint density at radius 1 is 1.07 bits per heavy atom. The minimum Gasteiger partial charge on any atom is -0.493 e. The number of carbonyl (C=O) groups is 2. The molecule has 0 unspecified atom stereocenters. The minimum absolute atomic E-state index is 0.0963. The van der Waals surface area contributed by atoms with E-state index in [0.717, 1.165) is 43.5 Å². The highest BCUT2D eigenvalue weighted by Gasteiger charge is 2.23. The number of rotatable bonds is 7. The molecule has 1 saturated heterocycles. The van der Waals surface area contributed by atoms with Crippen LogP contribution in [0.2, 0.25) is 0 Å². The van der Waals surface area contributed by atoms with Gasteiger partial charge in [-0.15, -0.1) is 0 Å². The van der Waals surface area contributed by atoms with E-state index >= 15 is 0 Å². The molecule has 3 rings (SSSR count). The number of benzene rings is 2. The highest BCUT2D eigenvalue weighted by atomic mass is 16.5. The fourth-order valence-corrected chi connectivity index (χ4v) is 3.72. The van der Waals surface area contributed by atoms with Gasteiger partial charge < -0.3 is 15.0 Å². The molecular formula is C24H30N2O3. The first-order chi connectivity index (χ1) is 14.1. The molecule has 0 radical (unpaired) electrons. The lowest BCUT2D eigenvalue weighted by atomic mass is 9.93. The largest absolute Gasteiger partial charge is 0.493 e. The summed E-state index contributed by atoms with van der Waals surface area (Å²) in [7, 11) is 0. The fourth-order valence-electron chi connectivity index (χ4n) is 3.72. The Balaban J connectivity index is 1.43. The number of hydrogen-bond acceptors (Lipinski definition) is 3. The summed E-state index contributed by atoms with van der Waals surface area (Å²) < 4.78 is 5.53. The van der Waals surface area contributed by atoms with Crippen LogP contribution < -0.4 is 10.1 Å². The molecule has 1 fully saturated rings. The van der Waals surface area contributed by atoms with Gasteiger partial charge in [0.15, 0.2) is 0 Å². The Kier molecular flexibility index (Phi) is 7.28. The molecule has 0 spiro atoms. The number of piperidine rings is 1. The third-order valence-corrected chi connectivity index (χ3v) is 5.47. The van der Waals surface area contributed by atoms with Crippen LogP contribution in [0.25, 0.3) is 0 Å². The van der Waals surface area contributed by atoms with Crippen LogP contribution in [0.5, 0.6) is 5.75 Å². The Morgan fingerprint density at radius 3 is 2.45 bits per heavy atom. The van der Waals surface area contributed by atoms with E-state index in [-0.39, 0.29) is 11.8 Å². The predicted molar refractivity (Wildman–Crippen MR) is 114 cm³/mol. The molecule has 5 heteroatoms. The van der Waals surface area contributed by atoms with Gasteiger partial charge in [0.2, 0.25) is 0 Å². The van der Waals surface area contributed by atoms with E-state index in [1.165, 1.54) is 0 Å². The Morgan fingerprint density at radius 2 is 1.76 bits per heavy atom. The molecule has 154 valence electrons. The topological polar surface area (TPSA) is 58.6 Å². The van der Waals surface area contributed by atoms with Crippen LogP contribution in [0.4, 0.5) is 0 Å². The average Bonchev–Trinajstić information content (AvgIpc) is 2.75. The monoisotopic (exact) mass is 394 g/mol. The molecule has 0 bridgehead atoms. The fraction of sp³-hybridized carbons (Fsp3) is 0.417. The molecule has 0 aromatic heterocycles. The molecule has 1 heterocycles. The number of aryl methyl sites for hydroxylation is 1. The quantitative estimate of drug-likeness (QED) is 0.770. The van der Waals surface area contributed by atoms with Gasteiger partial charge >= 0.3 is 0 Å². The SMILES string of the molecule is CCOc1ccccc1C(=O)NCCC1CCN(C(=O)c2ccc(C)cc2)CC1. The van der Waals surface area contributed by atoms with Crippen LogP contribution in [-0.2, 0) is 0 Å². The second-order valence-corrected chi connectivity index (χ2v) is 7.58. The van der Waals surface area contributed by atoms with Crippen molar-refractivity contribution in [3.05, 3.63) is 65.2 Å². The highest BCUT2D eigenvalue weighted by molar-refractivity contribution is 5.97. The zero-order chi connectivity index (χ0) is 20.6. The van der Waals surface area contributed by atoms with E-state index in [4.69, 9.17) is 4.74 Å². The minimum atomic E-state index is -0.0963. The first kappa shape index (κ1) is 20.9. The molecule has 2 amide bonds. The molecule has 2 aromatic carbocycles. The molecule has 0 atom stereocenters. The Labute approximate surface area is 173 Å². The zero-order valence-electron chi connectivity index (χ0n) is 17.3. The van der Waals surface area contributed by atoms with Crippen LogP contribution in [0.3, 0.4) is 0 Å². The van der Waals surface area contributed by atoms with Crippen molar-refractivity contribution < 1.29 is 14.3 Å². The molecule has 1 aliphatic heterocycles. The van der Waals surface area contributed by atoms with Gasteiger partial charge in [-0.2, -0.15) is 0 Å². The average molecular weight is 395 g/mol. The van der Waals surface area contributed by atoms with E-state index in [9.17, 15) is 9.59 Å². The van der Waals surface area contributed by atoms with Gasteiger partial charge in [0.05, 0.1) is 12.2 Å². The van der Waals surface area contributed by atoms with Crippen molar-refractivity contribution in [1.82, 2.24) is 10.2 Å². The number of para-hydroxylation sites is 1. The van der Waals surface area contributed by atoms with Crippen molar-refractivity contribution in [1.29, 1.82) is 0 Å². The summed E-state index contributed by atoms with van der Waals surface area (Å²) in [5.41, 5.74) is 2.49. The summed E-state index contributed by atoms with van der Waals surface area (Å²) in [4.78, 5) is 27.0. The molecule has 1 N–H and O–H groups in total. The summed E-state index contributed by atoms with van der Waals surface area (Å²) in [6.45, 7) is 6.65. The van der Waals surface area contributed by atoms with Gasteiger partial charge in [-0.05, 0) is 63.3 Å². The second kappa shape index (κ2) is 10.1. The molecule has 1 aliphatic rings. The Hall–Kier alpha value is -2.82. The third kappa shape index (κ3) is 5.59. The second-order valence-electron chi connectivity index (χ2n) is 7.58. The van der Waals surface area contributed by atoms with Crippen LogP contribution in [0.1, 0.15) is 52.5 Å². The summed E-state index contributed by atoms with van der Waals surface area (Å²) in [6, 6.07) is 15.1. The van der Waals surface area contributed by atoms with Crippen molar-refractivity contribution in [2.24, 2.45) is 5.92 Å². The number of nitrogens with one attached hydrogen (secondary N) is 1. The van der Waals surface area contributed by atoms with Crippen molar-refractivity contribution >= 4 is 11.8 Å². The normalized spacial score (nSPS) is 14.5. The Bertz CT molecular complexity index is 824. The number of hydrogen-bond donors (Lipinski definition) is 1. The van der Waals surface area contributed by atoms with Crippen LogP contribution in [0.15, 0.2) is 48.5 Å². The molecule has 29 heavy (non-hydrogen) atoms. The van der Waals surface area contributed by atoms with Crippen LogP contribution in [0, 0.1) is 12.8 Å². The van der Waals surface area contributed by atoms with Gasteiger partial charge in [-0.3, -0.25) is 9.59 Å². The van der Waals surface area contributed by atoms with E-state index in [1.807, 2.05) is 61.2 Å². The molecule has 2 aromatic rings. The molecule has 0 aliphatic carbocycles. The number of nitrogens with zero attached hydrogens (tertiary/aromatic N) is 1. The van der Waals surface area contributed by atoms with Crippen molar-refractivity contribution in [2.75, 3.05) is 26.2 Å². The number of ether oxygens (including phenoxy) is 1. The predicted octanol–water partition coefficient (Wildman–Crippen LogP) is 4.07. The van der Waals surface area contributed by atoms with Crippen molar-refractivity contribution in [2.45, 2.75) is 33.1 Å². The maximum atomic E-state index is 12.6. The molecule has 0 saturated carbocycles. The summed E-state index contributed by atoms with van der Waals surface area (Å²) in [6.07, 6.45) is 2.88. The lowest BCUT2D eigenvalue weighted by molar-refractivity contribution is 0.0687. The summed E-state index contributed by atoms with van der Waals surface area (Å²) in [5, 5.41) is 3.01. The molecule has 5 nitrogen and oxygen atoms in total. The zero-order valence-corrected chi connectivity index (χ0v) is 17.3. The van der Waals surface area contributed by atoms with E-state index < -0.39 is 0 Å². The van der Waals surface area contributed by atoms with Gasteiger partial charge in [-0.1, -0.05) is 29.8 Å². The van der Waals surface area contributed by atoms with Gasteiger partial charge in [0, 0.05) is 25.2 Å². The third-order valence-electron chi connectivity index (χ3n) is 5.47. The van der Waals surface area contributed by atoms with Crippen molar-refractivity contribution in [3.8, 4) is 5.75 Å². The first-order valence-corrected chi connectivity index (χ1v) is 10.4. The summed E-state index contributed by atoms with van der Waals surface area (Å²) >= 11 is 0. The maximum Gasteiger partial charge on any atom is 0.255 e. The summed E-state index contributed by atoms with van der Waals surface area (Å²) in [5.74, 6) is 1.17. The number of likely N-dealkylation sites (tertiary alicyclic amines) is 1. The van der Waals surface area contributed by atoms with E-state index in [1.54, 1.807) is 6.07 Å². The smallest absolute Gasteiger partial charge is 0.255 e. The van der Waals surface area contributed by atoms with Gasteiger partial charge in [-0.25, -0.2) is 0 Å². The lowest BCUT2D eigenvalue weighted by Gasteiger charge is -2.32. The van der Waals surface area contributed by atoms with Crippen LogP contribution >= 0.6 is 0 Å². The van der Waals surface area contributed by atoms with Crippen molar-refractivity contribution in [3.63, 3.8) is 0 Å². The van der Waals surface area contributed by atoms with Gasteiger partial charge in [0.1, 0.15) is 5.75 Å². The number of carbonyl (C=O) groups excluding carboxylic acids is 2. The van der Waals surface area contributed by atoms with Gasteiger partial charge in [0.25, 0.3) is 11.8 Å². The van der Waals surface area contributed by atoms with E-state index in [0.29, 0.717) is 30.4 Å². The maximum absolute atomic E-state index is 12.6. The molecular weight excluding hydrogens is 364 g/mol. The first-order valence-electron chi connectivity index (χ1n) is 10.4. The van der Waals surface area contributed by atoms with E-state index in [2.05, 4.69) is 5.32 Å². The van der Waals surface area contributed by atoms with Crippen LogP contribution in [-0.4, -0.2) is 43.0 Å². The lowest BCUT2D eigenvalue weighted by Crippen LogP contribution is -2.39.